The number of carbonyl (C=O) groups excluding carboxylic acids is 2. The Balaban J connectivity index is 1.15. The molecule has 3 aromatic carbocycles. The van der Waals surface area contributed by atoms with Crippen molar-refractivity contribution in [3.05, 3.63) is 101 Å². The normalized spacial score (nSPS) is 27.2. The Bertz CT molecular complexity index is 1460. The van der Waals surface area contributed by atoms with Crippen LogP contribution in [0, 0.1) is 5.92 Å². The molecule has 224 valence electrons. The van der Waals surface area contributed by atoms with Crippen molar-refractivity contribution in [2.45, 2.75) is 50.7 Å². The van der Waals surface area contributed by atoms with Crippen LogP contribution in [0.3, 0.4) is 0 Å². The number of fused-ring (bicyclic) bond motifs is 1. The van der Waals surface area contributed by atoms with E-state index in [1.54, 1.807) is 30.3 Å². The highest BCUT2D eigenvalue weighted by Crippen LogP contribution is 2.43. The highest BCUT2D eigenvalue weighted by atomic mass is 16.7. The molecule has 0 saturated carbocycles. The number of nitrogens with zero attached hydrogens (tertiary/aromatic N) is 2. The number of piperidine rings is 1. The van der Waals surface area contributed by atoms with Crippen LogP contribution in [0.2, 0.25) is 0 Å². The van der Waals surface area contributed by atoms with Crippen LogP contribution in [0.5, 0.6) is 0 Å². The fourth-order valence-electron chi connectivity index (χ4n) is 6.68. The predicted octanol–water partition coefficient (Wildman–Crippen LogP) is 4.61. The maximum absolute atomic E-state index is 13.2. The molecule has 3 saturated heterocycles. The number of rotatable bonds is 6. The Hall–Kier alpha value is -3.44. The third-order valence-corrected chi connectivity index (χ3v) is 9.19. The van der Waals surface area contributed by atoms with Gasteiger partial charge in [-0.05, 0) is 35.4 Å². The quantitative estimate of drug-likeness (QED) is 0.420. The molecule has 1 spiro atoms. The molecule has 4 aliphatic rings. The molecule has 2 amide bonds. The molecule has 4 aliphatic heterocycles. The summed E-state index contributed by atoms with van der Waals surface area (Å²) in [6.45, 7) is 5.85. The average Bonchev–Trinajstić information content (AvgIpc) is 3.61. The van der Waals surface area contributed by atoms with Crippen LogP contribution >= 0.6 is 0 Å². The van der Waals surface area contributed by atoms with E-state index >= 15 is 0 Å². The summed E-state index contributed by atoms with van der Waals surface area (Å²) < 4.78 is 25.2. The highest BCUT2D eigenvalue weighted by Gasteiger charge is 2.43. The first-order valence-corrected chi connectivity index (χ1v) is 15.0. The van der Waals surface area contributed by atoms with Crippen molar-refractivity contribution < 1.29 is 33.6 Å². The lowest BCUT2D eigenvalue weighted by Crippen LogP contribution is -2.50. The molecule has 4 heterocycles. The molecule has 1 N–H and O–H groups in total. The Morgan fingerprint density at radius 3 is 2.16 bits per heavy atom. The summed E-state index contributed by atoms with van der Waals surface area (Å²) in [5.41, 5.74) is 3.86. The third kappa shape index (κ3) is 5.31. The van der Waals surface area contributed by atoms with Crippen molar-refractivity contribution in [3.63, 3.8) is 0 Å². The van der Waals surface area contributed by atoms with Gasteiger partial charge in [0, 0.05) is 44.0 Å². The van der Waals surface area contributed by atoms with Gasteiger partial charge in [0.25, 0.3) is 11.8 Å². The number of carbonyl (C=O) groups is 2. The van der Waals surface area contributed by atoms with E-state index < -0.39 is 12.1 Å². The van der Waals surface area contributed by atoms with E-state index in [9.17, 15) is 14.7 Å². The molecule has 4 atom stereocenters. The number of anilines is 1. The van der Waals surface area contributed by atoms with Crippen LogP contribution in [-0.2, 0) is 25.6 Å². The summed E-state index contributed by atoms with van der Waals surface area (Å²) in [7, 11) is 0. The molecule has 0 aromatic heterocycles. The molecule has 9 heteroatoms. The average molecular weight is 585 g/mol. The van der Waals surface area contributed by atoms with Crippen molar-refractivity contribution in [2.75, 3.05) is 37.7 Å². The van der Waals surface area contributed by atoms with Crippen molar-refractivity contribution in [1.29, 1.82) is 0 Å². The molecule has 0 bridgehead atoms. The molecular weight excluding hydrogens is 548 g/mol. The Morgan fingerprint density at radius 1 is 0.837 bits per heavy atom. The summed E-state index contributed by atoms with van der Waals surface area (Å²) >= 11 is 0. The standard InChI is InChI=1S/C34H36N2O7/c1-22-29(20-35-15-13-34(14-16-35)40-17-18-41-34)42-33(43-30(22)24-11-9-23(21-37)10-12-24)25-5-4-6-26(19-25)36-31(38)27-7-2-3-8-28(27)32(36)39/h2-12,19,22,29-30,33,37H,13-18,20-21H2,1H3. The van der Waals surface area contributed by atoms with Gasteiger partial charge in [-0.2, -0.15) is 0 Å². The summed E-state index contributed by atoms with van der Waals surface area (Å²) in [6, 6.07) is 22.0. The zero-order valence-corrected chi connectivity index (χ0v) is 24.2. The van der Waals surface area contributed by atoms with Gasteiger partial charge in [-0.15, -0.1) is 0 Å². The topological polar surface area (TPSA) is 97.8 Å². The van der Waals surface area contributed by atoms with E-state index in [1.165, 1.54) is 4.90 Å². The summed E-state index contributed by atoms with van der Waals surface area (Å²) in [4.78, 5) is 30.0. The van der Waals surface area contributed by atoms with Gasteiger partial charge in [0.05, 0.1) is 48.8 Å². The van der Waals surface area contributed by atoms with Crippen LogP contribution in [0.25, 0.3) is 0 Å². The Morgan fingerprint density at radius 2 is 1.51 bits per heavy atom. The Kier molecular flexibility index (Phi) is 7.63. The van der Waals surface area contributed by atoms with E-state index in [1.807, 2.05) is 42.5 Å². The van der Waals surface area contributed by atoms with E-state index in [0.717, 1.165) is 49.2 Å². The van der Waals surface area contributed by atoms with Gasteiger partial charge in [0.2, 0.25) is 0 Å². The molecule has 0 aliphatic carbocycles. The number of hydrogen-bond donors (Lipinski definition) is 1. The summed E-state index contributed by atoms with van der Waals surface area (Å²) in [6.07, 6.45) is 0.516. The predicted molar refractivity (Wildman–Crippen MR) is 157 cm³/mol. The summed E-state index contributed by atoms with van der Waals surface area (Å²) in [5.74, 6) is -1.09. The van der Waals surface area contributed by atoms with Gasteiger partial charge in [0.15, 0.2) is 12.1 Å². The molecule has 9 nitrogen and oxygen atoms in total. The first kappa shape index (κ1) is 28.3. The maximum Gasteiger partial charge on any atom is 0.266 e. The number of amides is 2. The van der Waals surface area contributed by atoms with E-state index in [-0.39, 0.29) is 36.5 Å². The lowest BCUT2D eigenvalue weighted by molar-refractivity contribution is -0.278. The van der Waals surface area contributed by atoms with Crippen molar-refractivity contribution in [3.8, 4) is 0 Å². The maximum atomic E-state index is 13.2. The lowest BCUT2D eigenvalue weighted by atomic mass is 9.89. The second-order valence-electron chi connectivity index (χ2n) is 11.8. The van der Waals surface area contributed by atoms with Crippen LogP contribution in [-0.4, -0.2) is 66.6 Å². The molecule has 3 aromatic rings. The zero-order chi connectivity index (χ0) is 29.6. The first-order valence-electron chi connectivity index (χ1n) is 15.0. The van der Waals surface area contributed by atoms with Crippen LogP contribution in [0.15, 0.2) is 72.8 Å². The number of aliphatic hydroxyl groups is 1. The lowest BCUT2D eigenvalue weighted by Gasteiger charge is -2.44. The SMILES string of the molecule is CC1C(CN2CCC3(CC2)OCCO3)OC(c2cccc(N3C(=O)c4ccccc4C3=O)c2)OC1c1ccc(CO)cc1. The van der Waals surface area contributed by atoms with Gasteiger partial charge >= 0.3 is 0 Å². The molecule has 3 fully saturated rings. The minimum Gasteiger partial charge on any atom is -0.392 e. The Labute approximate surface area is 250 Å². The fraction of sp³-hybridized carbons (Fsp3) is 0.412. The van der Waals surface area contributed by atoms with E-state index in [4.69, 9.17) is 18.9 Å². The number of benzene rings is 3. The first-order chi connectivity index (χ1) is 20.9. The van der Waals surface area contributed by atoms with Crippen LogP contribution in [0.4, 0.5) is 5.69 Å². The zero-order valence-electron chi connectivity index (χ0n) is 24.2. The van der Waals surface area contributed by atoms with Gasteiger partial charge in [-0.1, -0.05) is 55.5 Å². The molecule has 0 radical (unpaired) electrons. The van der Waals surface area contributed by atoms with Gasteiger partial charge in [-0.25, -0.2) is 4.90 Å². The number of hydrogen-bond acceptors (Lipinski definition) is 8. The van der Waals surface area contributed by atoms with Gasteiger partial charge in [0.1, 0.15) is 0 Å². The highest BCUT2D eigenvalue weighted by molar-refractivity contribution is 6.34. The number of ether oxygens (including phenoxy) is 4. The largest absolute Gasteiger partial charge is 0.392 e. The van der Waals surface area contributed by atoms with Gasteiger partial charge in [-0.3, -0.25) is 9.59 Å². The number of likely N-dealkylation sites (tertiary alicyclic amines) is 1. The number of imide groups is 1. The fourth-order valence-corrected chi connectivity index (χ4v) is 6.68. The van der Waals surface area contributed by atoms with Crippen molar-refractivity contribution in [2.24, 2.45) is 5.92 Å². The van der Waals surface area contributed by atoms with Crippen LogP contribution in [0.1, 0.15) is 69.6 Å². The van der Waals surface area contributed by atoms with E-state index in [2.05, 4.69) is 11.8 Å². The number of aliphatic hydroxyl groups excluding tert-OH is 1. The van der Waals surface area contributed by atoms with Crippen molar-refractivity contribution >= 4 is 17.5 Å². The molecule has 4 unspecified atom stereocenters. The summed E-state index contributed by atoms with van der Waals surface area (Å²) in [5, 5.41) is 9.57. The van der Waals surface area contributed by atoms with Gasteiger partial charge < -0.3 is 29.0 Å². The molecular formula is C34H36N2O7. The van der Waals surface area contributed by atoms with Crippen molar-refractivity contribution in [1.82, 2.24) is 4.90 Å². The van der Waals surface area contributed by atoms with Crippen LogP contribution < -0.4 is 4.90 Å². The smallest absolute Gasteiger partial charge is 0.266 e. The minimum atomic E-state index is -0.712. The van der Waals surface area contributed by atoms with E-state index in [0.29, 0.717) is 30.0 Å². The second kappa shape index (κ2) is 11.6. The third-order valence-electron chi connectivity index (χ3n) is 9.19. The monoisotopic (exact) mass is 584 g/mol. The molecule has 7 rings (SSSR count). The second-order valence-corrected chi connectivity index (χ2v) is 11.8. The molecule has 43 heavy (non-hydrogen) atoms. The minimum absolute atomic E-state index is 0.0236.